The van der Waals surface area contributed by atoms with Crippen LogP contribution in [0.1, 0.15) is 11.5 Å². The number of hydrogen-bond acceptors (Lipinski definition) is 2. The van der Waals surface area contributed by atoms with Gasteiger partial charge in [-0.1, -0.05) is 0 Å². The smallest absolute Gasteiger partial charge is 0.226 e. The Kier molecular flexibility index (Phi) is 0.897. The second-order valence-electron chi connectivity index (χ2n) is 2.32. The average molecular weight is 136 g/mol. The number of fused-ring (bicyclic) bond motifs is 1. The lowest BCUT2D eigenvalue weighted by atomic mass is 10.5. The predicted molar refractivity (Wildman–Crippen MR) is 36.9 cm³/mol. The minimum Gasteiger partial charge on any atom is -0.445 e. The molecular weight excluding hydrogens is 128 g/mol. The highest BCUT2D eigenvalue weighted by molar-refractivity contribution is 5.40. The number of hydrogen-bond donors (Lipinski definition) is 0. The van der Waals surface area contributed by atoms with E-state index in [9.17, 15) is 0 Å². The SMILES string of the molecule is Cc1nc(C)n2ccoc12. The molecule has 2 heterocycles. The van der Waals surface area contributed by atoms with E-state index in [4.69, 9.17) is 4.42 Å². The number of nitrogens with zero attached hydrogens (tertiary/aromatic N) is 2. The van der Waals surface area contributed by atoms with Crippen LogP contribution in [-0.4, -0.2) is 9.38 Å². The van der Waals surface area contributed by atoms with Crippen molar-refractivity contribution in [1.82, 2.24) is 9.38 Å². The van der Waals surface area contributed by atoms with Gasteiger partial charge in [-0.2, -0.15) is 0 Å². The van der Waals surface area contributed by atoms with Crippen LogP contribution in [0.25, 0.3) is 5.71 Å². The van der Waals surface area contributed by atoms with Crippen LogP contribution in [0, 0.1) is 13.8 Å². The summed E-state index contributed by atoms with van der Waals surface area (Å²) in [4.78, 5) is 4.22. The Morgan fingerprint density at radius 2 is 2.30 bits per heavy atom. The molecule has 0 spiro atoms. The summed E-state index contributed by atoms with van der Waals surface area (Å²) in [6, 6.07) is 0. The summed E-state index contributed by atoms with van der Waals surface area (Å²) in [5.74, 6) is 0.973. The lowest BCUT2D eigenvalue weighted by Gasteiger charge is -1.80. The molecule has 0 unspecified atom stereocenters. The Balaban J connectivity index is 2.98. The Morgan fingerprint density at radius 1 is 1.50 bits per heavy atom. The lowest BCUT2D eigenvalue weighted by Crippen LogP contribution is -1.79. The zero-order valence-corrected chi connectivity index (χ0v) is 5.96. The van der Waals surface area contributed by atoms with Crippen LogP contribution < -0.4 is 0 Å². The van der Waals surface area contributed by atoms with E-state index >= 15 is 0 Å². The first-order valence-corrected chi connectivity index (χ1v) is 3.18. The highest BCUT2D eigenvalue weighted by atomic mass is 16.3. The predicted octanol–water partition coefficient (Wildman–Crippen LogP) is 1.54. The second-order valence-corrected chi connectivity index (χ2v) is 2.32. The van der Waals surface area contributed by atoms with E-state index in [1.165, 1.54) is 0 Å². The highest BCUT2D eigenvalue weighted by Gasteiger charge is 2.04. The molecule has 0 N–H and O–H groups in total. The van der Waals surface area contributed by atoms with Gasteiger partial charge in [-0.05, 0) is 13.8 Å². The summed E-state index contributed by atoms with van der Waals surface area (Å²) < 4.78 is 7.10. The van der Waals surface area contributed by atoms with Gasteiger partial charge in [-0.3, -0.25) is 4.40 Å². The van der Waals surface area contributed by atoms with Gasteiger partial charge in [0.05, 0.1) is 0 Å². The second kappa shape index (κ2) is 1.62. The Hall–Kier alpha value is -1.25. The maximum Gasteiger partial charge on any atom is 0.226 e. The minimum atomic E-state index is 0.845. The van der Waals surface area contributed by atoms with Crippen LogP contribution in [0.2, 0.25) is 0 Å². The Labute approximate surface area is 58.3 Å². The first-order valence-electron chi connectivity index (χ1n) is 3.18. The van der Waals surface area contributed by atoms with Gasteiger partial charge in [0.15, 0.2) is 0 Å². The van der Waals surface area contributed by atoms with Crippen molar-refractivity contribution in [3.8, 4) is 0 Å². The molecule has 52 valence electrons. The summed E-state index contributed by atoms with van der Waals surface area (Å²) in [5.41, 5.74) is 1.79. The minimum absolute atomic E-state index is 0.845. The van der Waals surface area contributed by atoms with Gasteiger partial charge in [0, 0.05) is 6.20 Å². The third-order valence-electron chi connectivity index (χ3n) is 1.60. The molecule has 0 aliphatic heterocycles. The van der Waals surface area contributed by atoms with E-state index in [-0.39, 0.29) is 0 Å². The largest absolute Gasteiger partial charge is 0.445 e. The van der Waals surface area contributed by atoms with Crippen LogP contribution in [0.4, 0.5) is 0 Å². The number of rotatable bonds is 0. The fourth-order valence-electron chi connectivity index (χ4n) is 1.14. The van der Waals surface area contributed by atoms with Gasteiger partial charge < -0.3 is 4.42 Å². The molecule has 3 nitrogen and oxygen atoms in total. The van der Waals surface area contributed by atoms with Gasteiger partial charge in [-0.25, -0.2) is 4.98 Å². The van der Waals surface area contributed by atoms with Crippen LogP contribution in [0.5, 0.6) is 0 Å². The van der Waals surface area contributed by atoms with Crippen molar-refractivity contribution in [1.29, 1.82) is 0 Å². The van der Waals surface area contributed by atoms with Crippen LogP contribution in [0.15, 0.2) is 16.9 Å². The molecule has 0 aliphatic carbocycles. The monoisotopic (exact) mass is 136 g/mol. The normalized spacial score (nSPS) is 11.0. The van der Waals surface area contributed by atoms with Crippen molar-refractivity contribution in [3.63, 3.8) is 0 Å². The van der Waals surface area contributed by atoms with Gasteiger partial charge in [-0.15, -0.1) is 0 Å². The molecular formula is C7H8N2O. The molecule has 2 aromatic rings. The van der Waals surface area contributed by atoms with E-state index in [1.807, 2.05) is 24.4 Å². The van der Waals surface area contributed by atoms with E-state index in [0.717, 1.165) is 17.2 Å². The van der Waals surface area contributed by atoms with Crippen molar-refractivity contribution < 1.29 is 4.42 Å². The number of aromatic nitrogens is 2. The molecule has 0 atom stereocenters. The number of oxazole rings is 1. The third-order valence-corrected chi connectivity index (χ3v) is 1.60. The van der Waals surface area contributed by atoms with E-state index < -0.39 is 0 Å². The first-order chi connectivity index (χ1) is 4.79. The standard InChI is InChI=1S/C7H8N2O/c1-5-7-9(3-4-10-7)6(2)8-5/h3-4H,1-2H3. The topological polar surface area (TPSA) is 30.4 Å². The molecule has 0 aromatic carbocycles. The van der Waals surface area contributed by atoms with Crippen molar-refractivity contribution in [2.24, 2.45) is 0 Å². The summed E-state index contributed by atoms with van der Waals surface area (Å²) in [6.07, 6.45) is 3.53. The van der Waals surface area contributed by atoms with E-state index in [1.54, 1.807) is 6.26 Å². The van der Waals surface area contributed by atoms with Crippen molar-refractivity contribution >= 4 is 5.71 Å². The van der Waals surface area contributed by atoms with Crippen LogP contribution >= 0.6 is 0 Å². The number of aryl methyl sites for hydroxylation is 2. The molecule has 0 bridgehead atoms. The first kappa shape index (κ1) is 5.53. The van der Waals surface area contributed by atoms with Crippen LogP contribution in [0.3, 0.4) is 0 Å². The Bertz CT molecular complexity index is 327. The average Bonchev–Trinajstić information content (AvgIpc) is 2.39. The van der Waals surface area contributed by atoms with Crippen molar-refractivity contribution in [3.05, 3.63) is 24.0 Å². The molecule has 2 aromatic heterocycles. The van der Waals surface area contributed by atoms with E-state index in [2.05, 4.69) is 4.98 Å². The quantitative estimate of drug-likeness (QED) is 0.550. The fraction of sp³-hybridized carbons (Fsp3) is 0.286. The zero-order valence-electron chi connectivity index (χ0n) is 5.96. The molecule has 0 amide bonds. The fourth-order valence-corrected chi connectivity index (χ4v) is 1.14. The summed E-state index contributed by atoms with van der Waals surface area (Å²) in [6.45, 7) is 3.89. The number of imidazole rings is 1. The molecule has 0 saturated carbocycles. The van der Waals surface area contributed by atoms with Crippen molar-refractivity contribution in [2.45, 2.75) is 13.8 Å². The highest BCUT2D eigenvalue weighted by Crippen LogP contribution is 2.11. The summed E-state index contributed by atoms with van der Waals surface area (Å²) in [5, 5.41) is 0. The zero-order chi connectivity index (χ0) is 7.14. The maximum atomic E-state index is 5.17. The molecule has 0 aliphatic rings. The molecule has 0 radical (unpaired) electrons. The van der Waals surface area contributed by atoms with Gasteiger partial charge >= 0.3 is 0 Å². The molecule has 2 rings (SSSR count). The molecule has 0 saturated heterocycles. The van der Waals surface area contributed by atoms with Gasteiger partial charge in [0.1, 0.15) is 17.8 Å². The molecule has 10 heavy (non-hydrogen) atoms. The summed E-state index contributed by atoms with van der Waals surface area (Å²) >= 11 is 0. The lowest BCUT2D eigenvalue weighted by molar-refractivity contribution is 0.605. The van der Waals surface area contributed by atoms with Gasteiger partial charge in [0.25, 0.3) is 0 Å². The maximum absolute atomic E-state index is 5.17. The molecule has 3 heteroatoms. The summed E-state index contributed by atoms with van der Waals surface area (Å²) in [7, 11) is 0. The van der Waals surface area contributed by atoms with Crippen LogP contribution in [-0.2, 0) is 0 Å². The van der Waals surface area contributed by atoms with Gasteiger partial charge in [0.2, 0.25) is 5.71 Å². The van der Waals surface area contributed by atoms with Crippen molar-refractivity contribution in [2.75, 3.05) is 0 Å². The Morgan fingerprint density at radius 3 is 3.00 bits per heavy atom. The van der Waals surface area contributed by atoms with E-state index in [0.29, 0.717) is 0 Å². The third kappa shape index (κ3) is 0.518. The molecule has 0 fully saturated rings.